The Balaban J connectivity index is 1.65. The van der Waals surface area contributed by atoms with Crippen molar-refractivity contribution in [1.82, 2.24) is 10.6 Å². The molecule has 1 aromatic rings. The molecule has 1 atom stereocenters. The Bertz CT molecular complexity index is 604. The molecule has 23 heavy (non-hydrogen) atoms. The van der Waals surface area contributed by atoms with Gasteiger partial charge in [0.2, 0.25) is 0 Å². The lowest BCUT2D eigenvalue weighted by molar-refractivity contribution is 0.238. The third-order valence-electron chi connectivity index (χ3n) is 3.96. The summed E-state index contributed by atoms with van der Waals surface area (Å²) in [5.74, 6) is 0.221. The highest BCUT2D eigenvalue weighted by molar-refractivity contribution is 7.91. The maximum absolute atomic E-state index is 11.8. The van der Waals surface area contributed by atoms with Crippen LogP contribution in [0.2, 0.25) is 0 Å². The van der Waals surface area contributed by atoms with Crippen molar-refractivity contribution in [1.29, 1.82) is 0 Å². The van der Waals surface area contributed by atoms with Crippen LogP contribution in [-0.4, -0.2) is 51.6 Å². The van der Waals surface area contributed by atoms with Crippen molar-refractivity contribution in [3.8, 4) is 0 Å². The first-order valence-corrected chi connectivity index (χ1v) is 9.87. The number of carbonyl (C=O) groups excluding carboxylic acids is 1. The van der Waals surface area contributed by atoms with Crippen molar-refractivity contribution < 1.29 is 13.2 Å². The van der Waals surface area contributed by atoms with Crippen molar-refractivity contribution in [3.05, 3.63) is 30.3 Å². The summed E-state index contributed by atoms with van der Waals surface area (Å²) < 4.78 is 22.7. The third-order valence-corrected chi connectivity index (χ3v) is 5.73. The summed E-state index contributed by atoms with van der Waals surface area (Å²) in [6, 6.07) is 9.63. The van der Waals surface area contributed by atoms with Crippen LogP contribution < -0.4 is 15.5 Å². The second-order valence-electron chi connectivity index (χ2n) is 5.77. The molecule has 1 aliphatic rings. The smallest absolute Gasteiger partial charge is 0.315 e. The quantitative estimate of drug-likeness (QED) is 0.736. The molecule has 1 saturated heterocycles. The molecule has 2 N–H and O–H groups in total. The molecule has 0 unspecified atom stereocenters. The van der Waals surface area contributed by atoms with E-state index < -0.39 is 9.84 Å². The van der Waals surface area contributed by atoms with Crippen molar-refractivity contribution in [2.24, 2.45) is 0 Å². The Labute approximate surface area is 138 Å². The third kappa shape index (κ3) is 5.74. The number of nitrogens with one attached hydrogen (secondary N) is 2. The maximum Gasteiger partial charge on any atom is 0.315 e. The summed E-state index contributed by atoms with van der Waals surface area (Å²) in [7, 11) is -2.96. The second kappa shape index (κ2) is 8.19. The predicted molar refractivity (Wildman–Crippen MR) is 92.5 cm³/mol. The Morgan fingerprint density at radius 1 is 1.30 bits per heavy atom. The van der Waals surface area contributed by atoms with E-state index in [9.17, 15) is 13.2 Å². The molecular weight excluding hydrogens is 314 g/mol. The monoisotopic (exact) mass is 339 g/mol. The van der Waals surface area contributed by atoms with Gasteiger partial charge in [-0.3, -0.25) is 0 Å². The molecular formula is C16H25N3O3S. The van der Waals surface area contributed by atoms with Gasteiger partial charge >= 0.3 is 6.03 Å². The number of nitrogens with zero attached hydrogens (tertiary/aromatic N) is 1. The summed E-state index contributed by atoms with van der Waals surface area (Å²) >= 11 is 0. The van der Waals surface area contributed by atoms with Crippen LogP contribution in [0, 0.1) is 0 Å². The molecule has 1 aliphatic heterocycles. The molecule has 1 fully saturated rings. The molecule has 1 aromatic carbocycles. The largest absolute Gasteiger partial charge is 0.372 e. The summed E-state index contributed by atoms with van der Waals surface area (Å²) in [5, 5.41) is 5.52. The topological polar surface area (TPSA) is 78.5 Å². The normalized spacial score (nSPS) is 19.3. The molecule has 128 valence electrons. The zero-order valence-electron chi connectivity index (χ0n) is 13.5. The zero-order chi connectivity index (χ0) is 16.7. The predicted octanol–water partition coefficient (Wildman–Crippen LogP) is 1.39. The van der Waals surface area contributed by atoms with Gasteiger partial charge in [-0.05, 0) is 31.9 Å². The lowest BCUT2D eigenvalue weighted by Crippen LogP contribution is -2.43. The highest BCUT2D eigenvalue weighted by Gasteiger charge is 2.28. The van der Waals surface area contributed by atoms with Gasteiger partial charge in [0.05, 0.1) is 11.5 Å². The van der Waals surface area contributed by atoms with Crippen LogP contribution in [0.4, 0.5) is 10.5 Å². The molecule has 2 rings (SSSR count). The summed E-state index contributed by atoms with van der Waals surface area (Å²) in [4.78, 5) is 14.0. The van der Waals surface area contributed by atoms with E-state index in [1.165, 1.54) is 5.69 Å². The average Bonchev–Trinajstić information content (AvgIpc) is 2.87. The summed E-state index contributed by atoms with van der Waals surface area (Å²) in [6.07, 6.45) is 1.34. The van der Waals surface area contributed by atoms with Gasteiger partial charge in [0.1, 0.15) is 0 Å². The van der Waals surface area contributed by atoms with E-state index in [1.54, 1.807) is 0 Å². The van der Waals surface area contributed by atoms with E-state index in [2.05, 4.69) is 34.6 Å². The summed E-state index contributed by atoms with van der Waals surface area (Å²) in [6.45, 7) is 4.44. The lowest BCUT2D eigenvalue weighted by atomic mass is 10.2. The first-order valence-electron chi connectivity index (χ1n) is 8.05. The van der Waals surface area contributed by atoms with Crippen molar-refractivity contribution in [2.45, 2.75) is 25.8 Å². The fraction of sp³-hybridized carbons (Fsp3) is 0.562. The number of sulfone groups is 1. The Kier molecular flexibility index (Phi) is 6.27. The molecule has 0 radical (unpaired) electrons. The van der Waals surface area contributed by atoms with Crippen molar-refractivity contribution in [2.75, 3.05) is 36.0 Å². The van der Waals surface area contributed by atoms with E-state index >= 15 is 0 Å². The van der Waals surface area contributed by atoms with E-state index in [0.29, 0.717) is 13.0 Å². The van der Waals surface area contributed by atoms with E-state index in [4.69, 9.17) is 0 Å². The molecule has 6 nitrogen and oxygen atoms in total. The molecule has 0 bridgehead atoms. The number of benzene rings is 1. The Morgan fingerprint density at radius 3 is 2.65 bits per heavy atom. The van der Waals surface area contributed by atoms with E-state index in [0.717, 1.165) is 19.5 Å². The fourth-order valence-electron chi connectivity index (χ4n) is 2.73. The van der Waals surface area contributed by atoms with Crippen LogP contribution in [-0.2, 0) is 9.84 Å². The number of hydrogen-bond donors (Lipinski definition) is 2. The molecule has 0 aliphatic carbocycles. The van der Waals surface area contributed by atoms with Gasteiger partial charge in [-0.25, -0.2) is 13.2 Å². The van der Waals surface area contributed by atoms with Crippen molar-refractivity contribution in [3.63, 3.8) is 0 Å². The summed E-state index contributed by atoms with van der Waals surface area (Å²) in [5.41, 5.74) is 1.18. The Morgan fingerprint density at radius 2 is 2.04 bits per heavy atom. The van der Waals surface area contributed by atoms with Gasteiger partial charge in [-0.1, -0.05) is 18.2 Å². The first kappa shape index (κ1) is 17.6. The number of carbonyl (C=O) groups is 1. The second-order valence-corrected chi connectivity index (χ2v) is 8.00. The lowest BCUT2D eigenvalue weighted by Gasteiger charge is -2.23. The minimum absolute atomic E-state index is 0.0536. The van der Waals surface area contributed by atoms with Gasteiger partial charge in [-0.2, -0.15) is 0 Å². The van der Waals surface area contributed by atoms with Gasteiger partial charge in [0.15, 0.2) is 9.84 Å². The van der Waals surface area contributed by atoms with Crippen LogP contribution in [0.25, 0.3) is 0 Å². The number of rotatable bonds is 7. The molecule has 0 aromatic heterocycles. The number of anilines is 1. The van der Waals surface area contributed by atoms with Gasteiger partial charge < -0.3 is 15.5 Å². The molecule has 0 spiro atoms. The Hall–Kier alpha value is -1.76. The molecule has 0 saturated carbocycles. The van der Waals surface area contributed by atoms with Crippen LogP contribution in [0.5, 0.6) is 0 Å². The minimum atomic E-state index is -2.96. The van der Waals surface area contributed by atoms with E-state index in [1.807, 2.05) is 18.2 Å². The number of urea groups is 1. The van der Waals surface area contributed by atoms with Crippen LogP contribution >= 0.6 is 0 Å². The van der Waals surface area contributed by atoms with Gasteiger partial charge in [0, 0.05) is 31.4 Å². The highest BCUT2D eigenvalue weighted by atomic mass is 32.2. The standard InChI is InChI=1S/C16H25N3O3S/c1-2-19(15-7-4-3-5-8-15)11-6-10-17-16(20)18-14-9-12-23(21,22)13-14/h3-5,7-8,14H,2,6,9-13H2,1H3,(H2,17,18,20)/t14-/m1/s1. The van der Waals surface area contributed by atoms with Crippen LogP contribution in [0.15, 0.2) is 30.3 Å². The number of amides is 2. The van der Waals surface area contributed by atoms with E-state index in [-0.39, 0.29) is 23.6 Å². The molecule has 1 heterocycles. The highest BCUT2D eigenvalue weighted by Crippen LogP contribution is 2.13. The van der Waals surface area contributed by atoms with Gasteiger partial charge in [-0.15, -0.1) is 0 Å². The SMILES string of the molecule is CCN(CCCNC(=O)N[C@@H]1CCS(=O)(=O)C1)c1ccccc1. The number of para-hydroxylation sites is 1. The van der Waals surface area contributed by atoms with Gasteiger partial charge in [0.25, 0.3) is 0 Å². The zero-order valence-corrected chi connectivity index (χ0v) is 14.3. The maximum atomic E-state index is 11.8. The number of hydrogen-bond acceptors (Lipinski definition) is 4. The van der Waals surface area contributed by atoms with Crippen LogP contribution in [0.3, 0.4) is 0 Å². The minimum Gasteiger partial charge on any atom is -0.372 e. The molecule has 2 amide bonds. The first-order chi connectivity index (χ1) is 11.0. The fourth-order valence-corrected chi connectivity index (χ4v) is 4.40. The van der Waals surface area contributed by atoms with Crippen molar-refractivity contribution >= 4 is 21.6 Å². The van der Waals surface area contributed by atoms with Crippen LogP contribution in [0.1, 0.15) is 19.8 Å². The molecule has 7 heteroatoms. The average molecular weight is 339 g/mol.